The van der Waals surface area contributed by atoms with Gasteiger partial charge in [-0.25, -0.2) is 4.98 Å². The van der Waals surface area contributed by atoms with Crippen molar-refractivity contribution in [2.45, 2.75) is 32.4 Å². The SMILES string of the molecule is COc1ccc2cc1OCCCN(C(=O)c1ccc3c(c1)OCO3)CCCCN(Cc1[nH]nc3ccccc13)CCn1ccnc1-2. The molecule has 0 fully saturated rings. The Bertz CT molecular complexity index is 1820. The summed E-state index contributed by atoms with van der Waals surface area (Å²) in [5, 5.41) is 8.93. The number of hydrogen-bond donors (Lipinski definition) is 1. The van der Waals surface area contributed by atoms with E-state index in [1.54, 1.807) is 19.2 Å². The number of ether oxygens (including phenoxy) is 4. The van der Waals surface area contributed by atoms with E-state index in [1.165, 1.54) is 0 Å². The molecule has 7 rings (SSSR count). The van der Waals surface area contributed by atoms with Crippen molar-refractivity contribution < 1.29 is 23.7 Å². The summed E-state index contributed by atoms with van der Waals surface area (Å²) >= 11 is 0. The monoisotopic (exact) mass is 622 g/mol. The number of carbonyl (C=O) groups excluding carboxylic acids is 1. The smallest absolute Gasteiger partial charge is 0.253 e. The van der Waals surface area contributed by atoms with Crippen molar-refractivity contribution in [3.63, 3.8) is 0 Å². The number of nitrogens with zero attached hydrogens (tertiary/aromatic N) is 5. The molecule has 0 aliphatic carbocycles. The molecule has 11 nitrogen and oxygen atoms in total. The highest BCUT2D eigenvalue weighted by atomic mass is 16.7. The highest BCUT2D eigenvalue weighted by molar-refractivity contribution is 5.95. The third kappa shape index (κ3) is 6.36. The molecule has 2 aliphatic heterocycles. The second kappa shape index (κ2) is 13.5. The molecule has 0 saturated heterocycles. The molecular weight excluding hydrogens is 584 g/mol. The van der Waals surface area contributed by atoms with Crippen LogP contribution in [0.25, 0.3) is 22.3 Å². The van der Waals surface area contributed by atoms with Gasteiger partial charge in [-0.3, -0.25) is 14.8 Å². The van der Waals surface area contributed by atoms with E-state index in [0.29, 0.717) is 54.7 Å². The molecular formula is C35H38N6O5. The van der Waals surface area contributed by atoms with Crippen LogP contribution in [0.1, 0.15) is 35.3 Å². The lowest BCUT2D eigenvalue weighted by Gasteiger charge is -2.25. The van der Waals surface area contributed by atoms with Crippen LogP contribution in [0.3, 0.4) is 0 Å². The van der Waals surface area contributed by atoms with Crippen molar-refractivity contribution in [3.8, 4) is 34.4 Å². The zero-order chi connectivity index (χ0) is 31.3. The fraction of sp³-hybridized carbons (Fsp3) is 0.343. The normalized spacial score (nSPS) is 16.1. The molecule has 5 aromatic rings. The standard InChI is InChI=1S/C35H38N6O5/c1-43-30-11-9-25-21-32(30)44-20-6-16-41(35(42)26-10-12-31-33(22-26)46-24-45-31)15-5-4-14-39(18-19-40-17-13-36-34(25)40)23-29-27-7-2-3-8-28(27)37-38-29/h2-3,7-13,17,21-22H,4-6,14-16,18-20,23-24H2,1H3,(H,37,38). The minimum absolute atomic E-state index is 0.0259. The molecule has 2 aliphatic rings. The van der Waals surface area contributed by atoms with Gasteiger partial charge in [0, 0.05) is 61.6 Å². The summed E-state index contributed by atoms with van der Waals surface area (Å²) in [6.07, 6.45) is 6.33. The molecule has 46 heavy (non-hydrogen) atoms. The lowest BCUT2D eigenvalue weighted by Crippen LogP contribution is -2.34. The molecule has 238 valence electrons. The predicted octanol–water partition coefficient (Wildman–Crippen LogP) is 5.37. The maximum Gasteiger partial charge on any atom is 0.253 e. The van der Waals surface area contributed by atoms with Crippen LogP contribution in [-0.4, -0.2) is 82.1 Å². The Balaban J connectivity index is 1.15. The number of imidazole rings is 1. The zero-order valence-corrected chi connectivity index (χ0v) is 26.0. The van der Waals surface area contributed by atoms with Crippen molar-refractivity contribution in [2.24, 2.45) is 0 Å². The largest absolute Gasteiger partial charge is 0.493 e. The molecule has 0 atom stereocenters. The summed E-state index contributed by atoms with van der Waals surface area (Å²) in [6.45, 7) is 5.00. The molecule has 3 aromatic carbocycles. The van der Waals surface area contributed by atoms with Crippen LogP contribution in [0.4, 0.5) is 0 Å². The minimum Gasteiger partial charge on any atom is -0.493 e. The number of rotatable bonds is 4. The average molecular weight is 623 g/mol. The minimum atomic E-state index is -0.0259. The summed E-state index contributed by atoms with van der Waals surface area (Å²) in [4.78, 5) is 22.8. The molecule has 1 amide bonds. The van der Waals surface area contributed by atoms with Crippen molar-refractivity contribution in [1.29, 1.82) is 0 Å². The van der Waals surface area contributed by atoms with Crippen molar-refractivity contribution >= 4 is 16.8 Å². The van der Waals surface area contributed by atoms with Gasteiger partial charge in [0.05, 0.1) is 24.9 Å². The Morgan fingerprint density at radius 2 is 1.76 bits per heavy atom. The lowest BCUT2D eigenvalue weighted by atomic mass is 10.1. The third-order valence-electron chi connectivity index (χ3n) is 8.61. The van der Waals surface area contributed by atoms with E-state index >= 15 is 0 Å². The van der Waals surface area contributed by atoms with E-state index in [-0.39, 0.29) is 12.7 Å². The maximum atomic E-state index is 13.8. The first-order chi connectivity index (χ1) is 22.7. The topological polar surface area (TPSA) is 107 Å². The van der Waals surface area contributed by atoms with E-state index < -0.39 is 0 Å². The highest BCUT2D eigenvalue weighted by Crippen LogP contribution is 2.34. The Hall–Kier alpha value is -5.03. The molecule has 4 heterocycles. The van der Waals surface area contributed by atoms with E-state index in [2.05, 4.69) is 31.8 Å². The van der Waals surface area contributed by atoms with Gasteiger partial charge in [-0.1, -0.05) is 18.2 Å². The fourth-order valence-corrected chi connectivity index (χ4v) is 6.16. The number of fused-ring (bicyclic) bond motifs is 6. The first-order valence-corrected chi connectivity index (χ1v) is 15.8. The first-order valence-electron chi connectivity index (χ1n) is 15.8. The second-order valence-electron chi connectivity index (χ2n) is 11.6. The molecule has 2 bridgehead atoms. The second-order valence-corrected chi connectivity index (χ2v) is 11.6. The van der Waals surface area contributed by atoms with E-state index in [9.17, 15) is 4.79 Å². The van der Waals surface area contributed by atoms with Crippen molar-refractivity contribution in [1.82, 2.24) is 29.5 Å². The molecule has 1 N–H and O–H groups in total. The zero-order valence-electron chi connectivity index (χ0n) is 26.0. The number of aromatic amines is 1. The first kappa shape index (κ1) is 29.7. The third-order valence-corrected chi connectivity index (χ3v) is 8.61. The Labute approximate surface area is 267 Å². The Morgan fingerprint density at radius 1 is 0.891 bits per heavy atom. The number of H-pyrrole nitrogens is 1. The van der Waals surface area contributed by atoms with E-state index in [1.807, 2.05) is 53.7 Å². The van der Waals surface area contributed by atoms with Crippen molar-refractivity contribution in [2.75, 3.05) is 46.7 Å². The van der Waals surface area contributed by atoms with Gasteiger partial charge in [-0.15, -0.1) is 0 Å². The average Bonchev–Trinajstić information content (AvgIpc) is 3.85. The summed E-state index contributed by atoms with van der Waals surface area (Å²) in [5.41, 5.74) is 3.61. The molecule has 0 saturated carbocycles. The number of nitrogens with one attached hydrogen (secondary N) is 1. The van der Waals surface area contributed by atoms with Crippen LogP contribution >= 0.6 is 0 Å². The molecule has 2 aromatic heterocycles. The fourth-order valence-electron chi connectivity index (χ4n) is 6.16. The van der Waals surface area contributed by atoms with Crippen LogP contribution in [0, 0.1) is 0 Å². The van der Waals surface area contributed by atoms with Crippen molar-refractivity contribution in [3.05, 3.63) is 84.3 Å². The lowest BCUT2D eigenvalue weighted by molar-refractivity contribution is 0.0741. The summed E-state index contributed by atoms with van der Waals surface area (Å²) in [5.74, 6) is 3.43. The molecule has 0 spiro atoms. The van der Waals surface area contributed by atoms with Gasteiger partial charge in [0.1, 0.15) is 5.82 Å². The highest BCUT2D eigenvalue weighted by Gasteiger charge is 2.21. The Kier molecular flexibility index (Phi) is 8.73. The maximum absolute atomic E-state index is 13.8. The number of carbonyl (C=O) groups is 1. The van der Waals surface area contributed by atoms with Gasteiger partial charge in [-0.2, -0.15) is 5.10 Å². The van der Waals surface area contributed by atoms with E-state index in [4.69, 9.17) is 23.9 Å². The van der Waals surface area contributed by atoms with Crippen LogP contribution in [-0.2, 0) is 13.1 Å². The molecule has 0 unspecified atom stereocenters. The van der Waals surface area contributed by atoms with Gasteiger partial charge in [0.2, 0.25) is 6.79 Å². The summed E-state index contributed by atoms with van der Waals surface area (Å²) in [6, 6.07) is 19.5. The van der Waals surface area contributed by atoms with Crippen LogP contribution < -0.4 is 18.9 Å². The number of benzene rings is 3. The van der Waals surface area contributed by atoms with Gasteiger partial charge >= 0.3 is 0 Å². The number of amides is 1. The number of aromatic nitrogens is 4. The quantitative estimate of drug-likeness (QED) is 0.285. The number of para-hydroxylation sites is 1. The van der Waals surface area contributed by atoms with Gasteiger partial charge in [-0.05, 0) is 68.3 Å². The summed E-state index contributed by atoms with van der Waals surface area (Å²) < 4.78 is 25.0. The molecule has 0 radical (unpaired) electrons. The van der Waals surface area contributed by atoms with Crippen LogP contribution in [0.5, 0.6) is 23.0 Å². The van der Waals surface area contributed by atoms with Gasteiger partial charge in [0.15, 0.2) is 23.0 Å². The Morgan fingerprint density at radius 3 is 2.70 bits per heavy atom. The molecule has 11 heteroatoms. The van der Waals surface area contributed by atoms with E-state index in [0.717, 1.165) is 67.0 Å². The van der Waals surface area contributed by atoms with Crippen LogP contribution in [0.15, 0.2) is 73.1 Å². The van der Waals surface area contributed by atoms with Gasteiger partial charge < -0.3 is 28.4 Å². The van der Waals surface area contributed by atoms with Gasteiger partial charge in [0.25, 0.3) is 5.91 Å². The number of hydrogen-bond acceptors (Lipinski definition) is 8. The van der Waals surface area contributed by atoms with Crippen LogP contribution in [0.2, 0.25) is 0 Å². The number of methoxy groups -OCH3 is 1. The predicted molar refractivity (Wildman–Crippen MR) is 173 cm³/mol. The summed E-state index contributed by atoms with van der Waals surface area (Å²) in [7, 11) is 1.64.